The Morgan fingerprint density at radius 3 is 2.94 bits per heavy atom. The van der Waals surface area contributed by atoms with Crippen LogP contribution in [0.3, 0.4) is 0 Å². The number of aryl methyl sites for hydroxylation is 1. The Bertz CT molecular complexity index is 501. The molecule has 84 valence electrons. The van der Waals surface area contributed by atoms with Gasteiger partial charge in [-0.15, -0.1) is 10.2 Å². The lowest BCUT2D eigenvalue weighted by molar-refractivity contribution is 0.0962. The first-order chi connectivity index (χ1) is 7.69. The summed E-state index contributed by atoms with van der Waals surface area (Å²) in [7, 11) is 1.64. The molecular weight excluding hydrogens is 210 g/mol. The number of nitrogens with two attached hydrogens (primary N) is 1. The van der Waals surface area contributed by atoms with E-state index in [1.165, 1.54) is 4.80 Å². The average Bonchev–Trinajstić information content (AvgIpc) is 2.87. The van der Waals surface area contributed by atoms with Gasteiger partial charge in [-0.25, -0.2) is 0 Å². The Morgan fingerprint density at radius 1 is 1.56 bits per heavy atom. The summed E-state index contributed by atoms with van der Waals surface area (Å²) >= 11 is 0. The van der Waals surface area contributed by atoms with E-state index in [-0.39, 0.29) is 24.5 Å². The molecule has 2 N–H and O–H groups in total. The normalized spacial score (nSPS) is 10.6. The zero-order valence-electron chi connectivity index (χ0n) is 8.75. The van der Waals surface area contributed by atoms with Crippen LogP contribution >= 0.6 is 0 Å². The first kappa shape index (κ1) is 10.5. The number of Topliss-reactive ketones (excluding diaryl/α,β-unsaturated/α-hetero) is 1. The average molecular weight is 221 g/mol. The van der Waals surface area contributed by atoms with E-state index in [1.54, 1.807) is 19.2 Å². The number of ketones is 1. The topological polar surface area (TPSA) is 99.8 Å². The Balaban J connectivity index is 2.08. The van der Waals surface area contributed by atoms with Gasteiger partial charge in [-0.1, -0.05) is 0 Å². The van der Waals surface area contributed by atoms with Gasteiger partial charge in [0.05, 0.1) is 20.0 Å². The molecule has 7 heteroatoms. The Labute approximate surface area is 91.2 Å². The summed E-state index contributed by atoms with van der Waals surface area (Å²) in [6.45, 7) is 0.274. The fourth-order valence-electron chi connectivity index (χ4n) is 1.26. The molecule has 0 amide bonds. The third-order valence-corrected chi connectivity index (χ3v) is 2.01. The quantitative estimate of drug-likeness (QED) is 0.710. The molecule has 0 saturated carbocycles. The van der Waals surface area contributed by atoms with E-state index in [1.807, 2.05) is 0 Å². The molecule has 0 bridgehead atoms. The fourth-order valence-corrected chi connectivity index (χ4v) is 1.26. The zero-order valence-corrected chi connectivity index (χ0v) is 8.75. The Morgan fingerprint density at radius 2 is 2.38 bits per heavy atom. The maximum absolute atomic E-state index is 11.7. The summed E-state index contributed by atoms with van der Waals surface area (Å²) in [4.78, 5) is 13.0. The van der Waals surface area contributed by atoms with Crippen LogP contribution in [-0.2, 0) is 20.0 Å². The second-order valence-corrected chi connectivity index (χ2v) is 3.27. The molecule has 0 aliphatic heterocycles. The van der Waals surface area contributed by atoms with Crippen molar-refractivity contribution in [3.05, 3.63) is 29.5 Å². The molecular formula is C9H11N5O2. The number of carbonyl (C=O) groups is 1. The van der Waals surface area contributed by atoms with Crippen LogP contribution in [0, 0.1) is 0 Å². The highest BCUT2D eigenvalue weighted by Gasteiger charge is 2.14. The number of rotatable bonds is 4. The lowest BCUT2D eigenvalue weighted by Crippen LogP contribution is -2.04. The molecule has 7 nitrogen and oxygen atoms in total. The number of carbonyl (C=O) groups excluding carboxylic acids is 1. The van der Waals surface area contributed by atoms with Crippen molar-refractivity contribution < 1.29 is 9.21 Å². The van der Waals surface area contributed by atoms with Gasteiger partial charge >= 0.3 is 0 Å². The fraction of sp³-hybridized carbons (Fsp3) is 0.333. The molecule has 0 aliphatic rings. The van der Waals surface area contributed by atoms with E-state index in [2.05, 4.69) is 15.4 Å². The van der Waals surface area contributed by atoms with Crippen LogP contribution in [0.15, 0.2) is 16.5 Å². The highest BCUT2D eigenvalue weighted by Crippen LogP contribution is 2.09. The van der Waals surface area contributed by atoms with Gasteiger partial charge < -0.3 is 10.2 Å². The molecule has 0 saturated heterocycles. The van der Waals surface area contributed by atoms with E-state index >= 15 is 0 Å². The third kappa shape index (κ3) is 2.14. The van der Waals surface area contributed by atoms with E-state index in [4.69, 9.17) is 10.2 Å². The number of tetrazole rings is 1. The minimum atomic E-state index is -0.187. The van der Waals surface area contributed by atoms with Gasteiger partial charge in [0, 0.05) is 0 Å². The number of aromatic nitrogens is 4. The van der Waals surface area contributed by atoms with Gasteiger partial charge in [0.15, 0.2) is 11.6 Å². The molecule has 2 heterocycles. The largest absolute Gasteiger partial charge is 0.457 e. The van der Waals surface area contributed by atoms with E-state index in [0.717, 1.165) is 0 Å². The van der Waals surface area contributed by atoms with Crippen LogP contribution in [0.25, 0.3) is 0 Å². The van der Waals surface area contributed by atoms with Crippen LogP contribution < -0.4 is 5.73 Å². The van der Waals surface area contributed by atoms with Crippen molar-refractivity contribution in [1.29, 1.82) is 0 Å². The van der Waals surface area contributed by atoms with Gasteiger partial charge in [0.1, 0.15) is 5.76 Å². The minimum absolute atomic E-state index is 0.0748. The van der Waals surface area contributed by atoms with Crippen molar-refractivity contribution in [1.82, 2.24) is 20.2 Å². The second kappa shape index (κ2) is 4.23. The zero-order chi connectivity index (χ0) is 11.5. The summed E-state index contributed by atoms with van der Waals surface area (Å²) in [5, 5.41) is 11.3. The predicted molar refractivity (Wildman–Crippen MR) is 53.4 cm³/mol. The predicted octanol–water partition coefficient (Wildman–Crippen LogP) is -0.313. The number of hydrogen-bond donors (Lipinski definition) is 1. The monoisotopic (exact) mass is 221 g/mol. The number of nitrogens with zero attached hydrogens (tertiary/aromatic N) is 4. The molecule has 16 heavy (non-hydrogen) atoms. The molecule has 0 aliphatic carbocycles. The molecule has 0 aromatic carbocycles. The van der Waals surface area contributed by atoms with E-state index in [0.29, 0.717) is 11.6 Å². The summed E-state index contributed by atoms with van der Waals surface area (Å²) in [5.41, 5.74) is 5.38. The first-order valence-electron chi connectivity index (χ1n) is 4.74. The molecule has 0 spiro atoms. The summed E-state index contributed by atoms with van der Waals surface area (Å²) in [6.07, 6.45) is 0.0748. The lowest BCUT2D eigenvalue weighted by atomic mass is 10.2. The highest BCUT2D eigenvalue weighted by molar-refractivity contribution is 5.94. The van der Waals surface area contributed by atoms with Crippen molar-refractivity contribution in [3.63, 3.8) is 0 Å². The van der Waals surface area contributed by atoms with Crippen molar-refractivity contribution in [2.24, 2.45) is 12.8 Å². The third-order valence-electron chi connectivity index (χ3n) is 2.01. The van der Waals surface area contributed by atoms with Crippen molar-refractivity contribution in [3.8, 4) is 0 Å². The van der Waals surface area contributed by atoms with Crippen LogP contribution in [-0.4, -0.2) is 26.0 Å². The van der Waals surface area contributed by atoms with Crippen LogP contribution in [0.1, 0.15) is 22.1 Å². The highest BCUT2D eigenvalue weighted by atomic mass is 16.3. The first-order valence-corrected chi connectivity index (χ1v) is 4.74. The van der Waals surface area contributed by atoms with Crippen LogP contribution in [0.4, 0.5) is 0 Å². The molecule has 0 fully saturated rings. The molecule has 0 radical (unpaired) electrons. The van der Waals surface area contributed by atoms with Gasteiger partial charge in [-0.3, -0.25) is 4.79 Å². The van der Waals surface area contributed by atoms with Crippen molar-refractivity contribution in [2.75, 3.05) is 0 Å². The second-order valence-electron chi connectivity index (χ2n) is 3.27. The van der Waals surface area contributed by atoms with Crippen molar-refractivity contribution in [2.45, 2.75) is 13.0 Å². The maximum Gasteiger partial charge on any atom is 0.205 e. The van der Waals surface area contributed by atoms with Crippen LogP contribution in [0.5, 0.6) is 0 Å². The van der Waals surface area contributed by atoms with Crippen LogP contribution in [0.2, 0.25) is 0 Å². The van der Waals surface area contributed by atoms with Gasteiger partial charge in [0.2, 0.25) is 5.78 Å². The van der Waals surface area contributed by atoms with Gasteiger partial charge in [-0.2, -0.15) is 4.80 Å². The minimum Gasteiger partial charge on any atom is -0.457 e. The Kier molecular flexibility index (Phi) is 2.78. The molecule has 2 rings (SSSR count). The molecule has 0 atom stereocenters. The molecule has 0 unspecified atom stereocenters. The SMILES string of the molecule is Cn1nnc(CC(=O)c2ccc(CN)o2)n1. The summed E-state index contributed by atoms with van der Waals surface area (Å²) < 4.78 is 5.22. The van der Waals surface area contributed by atoms with Gasteiger partial charge in [0.25, 0.3) is 0 Å². The number of furan rings is 1. The molecule has 2 aromatic heterocycles. The van der Waals surface area contributed by atoms with E-state index < -0.39 is 0 Å². The van der Waals surface area contributed by atoms with Gasteiger partial charge in [-0.05, 0) is 17.3 Å². The smallest absolute Gasteiger partial charge is 0.205 e. The van der Waals surface area contributed by atoms with Crippen molar-refractivity contribution >= 4 is 5.78 Å². The van der Waals surface area contributed by atoms with E-state index in [9.17, 15) is 4.79 Å². The maximum atomic E-state index is 11.7. The standard InChI is InChI=1S/C9H11N5O2/c1-14-12-9(11-13-14)4-7(15)8-3-2-6(5-10)16-8/h2-3H,4-5,10H2,1H3. The Hall–Kier alpha value is -2.02. The summed E-state index contributed by atoms with van der Waals surface area (Å²) in [6, 6.07) is 3.28. The number of hydrogen-bond acceptors (Lipinski definition) is 6. The lowest BCUT2D eigenvalue weighted by Gasteiger charge is -1.92. The summed E-state index contributed by atoms with van der Waals surface area (Å²) in [5.74, 6) is 1.04. The molecule has 2 aromatic rings.